The van der Waals surface area contributed by atoms with Gasteiger partial charge >= 0.3 is 0 Å². The van der Waals surface area contributed by atoms with Crippen LogP contribution in [-0.2, 0) is 0 Å². The van der Waals surface area contributed by atoms with Gasteiger partial charge in [0.05, 0.1) is 6.10 Å². The maximum absolute atomic E-state index is 12.0. The Kier molecular flexibility index (Phi) is 6.13. The van der Waals surface area contributed by atoms with Gasteiger partial charge in [0.2, 0.25) is 0 Å². The summed E-state index contributed by atoms with van der Waals surface area (Å²) in [5.74, 6) is 0.488. The third-order valence-electron chi connectivity index (χ3n) is 2.69. The molecule has 0 aromatic carbocycles. The molecule has 0 aliphatic rings. The van der Waals surface area contributed by atoms with E-state index >= 15 is 0 Å². The number of nitrogen functional groups attached to an aromatic ring is 1. The fraction of sp³-hybridized carbons (Fsp3) is 0.643. The molecule has 1 aromatic heterocycles. The number of ether oxygens (including phenoxy) is 1. The molecule has 0 atom stereocenters. The first kappa shape index (κ1) is 16.6. The van der Waals surface area contributed by atoms with Gasteiger partial charge in [0.25, 0.3) is 5.91 Å². The number of anilines is 2. The maximum atomic E-state index is 12.0. The molecule has 114 valence electrons. The maximum Gasteiger partial charge on any atom is 0.263 e. The van der Waals surface area contributed by atoms with Gasteiger partial charge in [0.1, 0.15) is 15.6 Å². The standard InChI is InChI=1S/C14H25N3O2S/c1-6-8-17(5)14-11(19-9(3)4)10(15)12(20-14)13(18)16-7-2/h9H,6-8,15H2,1-5H3,(H,16,18). The summed E-state index contributed by atoms with van der Waals surface area (Å²) >= 11 is 1.39. The minimum atomic E-state index is -0.139. The number of hydrogen-bond acceptors (Lipinski definition) is 5. The van der Waals surface area contributed by atoms with Crippen LogP contribution >= 0.6 is 11.3 Å². The Morgan fingerprint density at radius 1 is 1.45 bits per heavy atom. The molecule has 0 radical (unpaired) electrons. The van der Waals surface area contributed by atoms with Crippen molar-refractivity contribution in [2.75, 3.05) is 30.8 Å². The fourth-order valence-corrected chi connectivity index (χ4v) is 2.92. The van der Waals surface area contributed by atoms with Gasteiger partial charge in [-0.3, -0.25) is 4.79 Å². The van der Waals surface area contributed by atoms with Crippen LogP contribution in [-0.4, -0.2) is 32.1 Å². The van der Waals surface area contributed by atoms with Crippen LogP contribution in [0.25, 0.3) is 0 Å². The molecule has 6 heteroatoms. The van der Waals surface area contributed by atoms with Crippen molar-refractivity contribution in [1.29, 1.82) is 0 Å². The third kappa shape index (κ3) is 3.79. The lowest BCUT2D eigenvalue weighted by Crippen LogP contribution is -2.22. The summed E-state index contributed by atoms with van der Waals surface area (Å²) in [6, 6.07) is 0. The van der Waals surface area contributed by atoms with Gasteiger partial charge in [-0.2, -0.15) is 0 Å². The van der Waals surface area contributed by atoms with Crippen molar-refractivity contribution in [2.24, 2.45) is 0 Å². The lowest BCUT2D eigenvalue weighted by Gasteiger charge is -2.19. The first-order chi connectivity index (χ1) is 9.42. The van der Waals surface area contributed by atoms with E-state index in [9.17, 15) is 4.79 Å². The molecule has 1 amide bonds. The predicted molar refractivity (Wildman–Crippen MR) is 86.1 cm³/mol. The molecule has 1 rings (SSSR count). The highest BCUT2D eigenvalue weighted by Gasteiger charge is 2.24. The van der Waals surface area contributed by atoms with Crippen LogP contribution in [0.2, 0.25) is 0 Å². The second-order valence-electron chi connectivity index (χ2n) is 4.93. The topological polar surface area (TPSA) is 67.6 Å². The van der Waals surface area contributed by atoms with Gasteiger partial charge in [-0.15, -0.1) is 11.3 Å². The van der Waals surface area contributed by atoms with Crippen molar-refractivity contribution < 1.29 is 9.53 Å². The molecule has 0 unspecified atom stereocenters. The molecule has 0 saturated heterocycles. The van der Waals surface area contributed by atoms with Crippen molar-refractivity contribution in [2.45, 2.75) is 40.2 Å². The smallest absolute Gasteiger partial charge is 0.263 e. The van der Waals surface area contributed by atoms with Gasteiger partial charge in [0, 0.05) is 20.1 Å². The number of thiophene rings is 1. The van der Waals surface area contributed by atoms with E-state index in [0.29, 0.717) is 22.9 Å². The van der Waals surface area contributed by atoms with Crippen molar-refractivity contribution in [1.82, 2.24) is 5.32 Å². The zero-order chi connectivity index (χ0) is 15.3. The Hall–Kier alpha value is -1.43. The molecule has 20 heavy (non-hydrogen) atoms. The highest BCUT2D eigenvalue weighted by molar-refractivity contribution is 7.19. The number of hydrogen-bond donors (Lipinski definition) is 2. The van der Waals surface area contributed by atoms with Crippen molar-refractivity contribution in [3.63, 3.8) is 0 Å². The number of nitrogens with one attached hydrogen (secondary N) is 1. The summed E-state index contributed by atoms with van der Waals surface area (Å²) in [6.45, 7) is 9.37. The van der Waals surface area contributed by atoms with E-state index in [1.807, 2.05) is 27.8 Å². The van der Waals surface area contributed by atoms with Crippen molar-refractivity contribution in [3.05, 3.63) is 4.88 Å². The summed E-state index contributed by atoms with van der Waals surface area (Å²) in [5.41, 5.74) is 6.55. The summed E-state index contributed by atoms with van der Waals surface area (Å²) in [7, 11) is 1.99. The number of carbonyl (C=O) groups is 1. The molecule has 5 nitrogen and oxygen atoms in total. The van der Waals surface area contributed by atoms with Crippen molar-refractivity contribution in [3.8, 4) is 5.75 Å². The summed E-state index contributed by atoms with van der Waals surface area (Å²) < 4.78 is 5.82. The molecule has 1 aromatic rings. The number of nitrogens with two attached hydrogens (primary N) is 1. The number of rotatable bonds is 7. The van der Waals surface area contributed by atoms with Gasteiger partial charge in [0.15, 0.2) is 5.75 Å². The van der Waals surface area contributed by atoms with Crippen LogP contribution in [0.15, 0.2) is 0 Å². The number of carbonyl (C=O) groups excluding carboxylic acids is 1. The summed E-state index contributed by atoms with van der Waals surface area (Å²) in [5, 5.41) is 3.70. The average molecular weight is 299 g/mol. The van der Waals surface area contributed by atoms with E-state index < -0.39 is 0 Å². The van der Waals surface area contributed by atoms with Crippen LogP contribution in [0.4, 0.5) is 10.7 Å². The van der Waals surface area contributed by atoms with Gasteiger partial charge in [-0.05, 0) is 27.2 Å². The zero-order valence-electron chi connectivity index (χ0n) is 12.9. The van der Waals surface area contributed by atoms with Crippen LogP contribution in [0.1, 0.15) is 43.8 Å². The first-order valence-electron chi connectivity index (χ1n) is 7.00. The molecular formula is C14H25N3O2S. The van der Waals surface area contributed by atoms with Gasteiger partial charge in [-0.25, -0.2) is 0 Å². The lowest BCUT2D eigenvalue weighted by atomic mass is 10.3. The molecule has 0 spiro atoms. The Labute approximate surface area is 125 Å². The molecule has 0 bridgehead atoms. The first-order valence-corrected chi connectivity index (χ1v) is 7.82. The number of amides is 1. The van der Waals surface area contributed by atoms with E-state index in [0.717, 1.165) is 18.0 Å². The Balaban J connectivity index is 3.19. The number of nitrogens with zero attached hydrogens (tertiary/aromatic N) is 1. The minimum Gasteiger partial charge on any atom is -0.486 e. The van der Waals surface area contributed by atoms with E-state index in [1.54, 1.807) is 0 Å². The summed E-state index contributed by atoms with van der Waals surface area (Å²) in [6.07, 6.45) is 1.04. The van der Waals surface area contributed by atoms with Gasteiger partial charge < -0.3 is 20.7 Å². The van der Waals surface area contributed by atoms with E-state index in [2.05, 4.69) is 17.1 Å². The fourth-order valence-electron chi connectivity index (χ4n) is 1.86. The Bertz CT molecular complexity index is 458. The van der Waals surface area contributed by atoms with E-state index in [1.165, 1.54) is 11.3 Å². The van der Waals surface area contributed by atoms with Crippen molar-refractivity contribution >= 4 is 27.9 Å². The van der Waals surface area contributed by atoms with Crippen LogP contribution in [0.5, 0.6) is 5.75 Å². The monoisotopic (exact) mass is 299 g/mol. The molecule has 0 fully saturated rings. The molecular weight excluding hydrogens is 274 g/mol. The van der Waals surface area contributed by atoms with E-state index in [-0.39, 0.29) is 12.0 Å². The Morgan fingerprint density at radius 3 is 2.60 bits per heavy atom. The molecule has 0 saturated carbocycles. The van der Waals surface area contributed by atoms with Crippen LogP contribution in [0.3, 0.4) is 0 Å². The lowest BCUT2D eigenvalue weighted by molar-refractivity contribution is 0.0960. The summed E-state index contributed by atoms with van der Waals surface area (Å²) in [4.78, 5) is 14.7. The van der Waals surface area contributed by atoms with E-state index in [4.69, 9.17) is 10.5 Å². The minimum absolute atomic E-state index is 0.0164. The quantitative estimate of drug-likeness (QED) is 0.812. The van der Waals surface area contributed by atoms with Crippen LogP contribution < -0.4 is 20.7 Å². The largest absolute Gasteiger partial charge is 0.486 e. The molecule has 0 aliphatic heterocycles. The zero-order valence-corrected chi connectivity index (χ0v) is 13.8. The predicted octanol–water partition coefficient (Wildman–Crippen LogP) is 2.71. The second kappa shape index (κ2) is 7.38. The molecule has 1 heterocycles. The highest BCUT2D eigenvalue weighted by atomic mass is 32.1. The van der Waals surface area contributed by atoms with Crippen LogP contribution in [0, 0.1) is 0 Å². The normalized spacial score (nSPS) is 10.7. The van der Waals surface area contributed by atoms with Gasteiger partial charge in [-0.1, -0.05) is 6.92 Å². The highest BCUT2D eigenvalue weighted by Crippen LogP contribution is 2.45. The Morgan fingerprint density at radius 2 is 2.10 bits per heavy atom. The second-order valence-corrected chi connectivity index (χ2v) is 5.93. The molecule has 3 N–H and O–H groups in total. The average Bonchev–Trinajstić information content (AvgIpc) is 2.67. The third-order valence-corrected chi connectivity index (χ3v) is 3.98. The molecule has 0 aliphatic carbocycles. The SMILES string of the molecule is CCCN(C)c1sc(C(=O)NCC)c(N)c1OC(C)C.